The van der Waals surface area contributed by atoms with E-state index in [9.17, 15) is 22.4 Å². The van der Waals surface area contributed by atoms with E-state index in [1.807, 2.05) is 0 Å². The van der Waals surface area contributed by atoms with E-state index in [0.29, 0.717) is 5.82 Å². The summed E-state index contributed by atoms with van der Waals surface area (Å²) in [6.07, 6.45) is -1.28. The fourth-order valence-electron chi connectivity index (χ4n) is 2.50. The van der Waals surface area contributed by atoms with Gasteiger partial charge >= 0.3 is 6.18 Å². The first-order valence-corrected chi connectivity index (χ1v) is 8.14. The summed E-state index contributed by atoms with van der Waals surface area (Å²) in [5.41, 5.74) is -0.304. The first-order valence-electron chi connectivity index (χ1n) is 8.14. The quantitative estimate of drug-likeness (QED) is 0.656. The predicted octanol–water partition coefficient (Wildman–Crippen LogP) is 4.36. The van der Waals surface area contributed by atoms with Gasteiger partial charge in [-0.05, 0) is 49.4 Å². The van der Waals surface area contributed by atoms with Crippen LogP contribution in [0.4, 0.5) is 23.2 Å². The van der Waals surface area contributed by atoms with Crippen molar-refractivity contribution in [2.24, 2.45) is 0 Å². The Morgan fingerprint density at radius 3 is 2.46 bits per heavy atom. The summed E-state index contributed by atoms with van der Waals surface area (Å²) >= 11 is 0. The van der Waals surface area contributed by atoms with Gasteiger partial charge in [0, 0.05) is 18.1 Å². The van der Waals surface area contributed by atoms with E-state index in [0.717, 1.165) is 30.3 Å². The number of halogens is 4. The number of aromatic nitrogens is 2. The van der Waals surface area contributed by atoms with Crippen LogP contribution in [0.5, 0.6) is 5.75 Å². The molecule has 2 aromatic carbocycles. The number of amides is 1. The standard InChI is InChI=1S/C19H15F4N3O2/c1-12-24-8-9-26(12)17-7-4-14(10-16(17)20)25-18(27)11-28-15-5-2-13(3-6-15)19(21,22)23/h2-10H,11H2,1H3,(H,25,27). The average molecular weight is 393 g/mol. The molecular weight excluding hydrogens is 378 g/mol. The number of nitrogens with zero attached hydrogens (tertiary/aromatic N) is 2. The maximum absolute atomic E-state index is 14.3. The molecule has 3 aromatic rings. The second-order valence-corrected chi connectivity index (χ2v) is 5.87. The monoisotopic (exact) mass is 393 g/mol. The Morgan fingerprint density at radius 2 is 1.89 bits per heavy atom. The van der Waals surface area contributed by atoms with Crippen molar-refractivity contribution in [2.45, 2.75) is 13.1 Å². The molecule has 0 saturated heterocycles. The minimum absolute atomic E-state index is 0.111. The molecule has 0 fully saturated rings. The Bertz CT molecular complexity index is 982. The van der Waals surface area contributed by atoms with Crippen molar-refractivity contribution in [2.75, 3.05) is 11.9 Å². The van der Waals surface area contributed by atoms with Crippen molar-refractivity contribution < 1.29 is 27.1 Å². The Labute approximate surface area is 157 Å². The third kappa shape index (κ3) is 4.48. The largest absolute Gasteiger partial charge is 0.484 e. The smallest absolute Gasteiger partial charge is 0.416 e. The molecule has 0 spiro atoms. The van der Waals surface area contributed by atoms with Crippen molar-refractivity contribution in [1.82, 2.24) is 9.55 Å². The van der Waals surface area contributed by atoms with Crippen LogP contribution in [0.2, 0.25) is 0 Å². The summed E-state index contributed by atoms with van der Waals surface area (Å²) in [7, 11) is 0. The van der Waals surface area contributed by atoms with Crippen LogP contribution in [0.3, 0.4) is 0 Å². The van der Waals surface area contributed by atoms with Crippen LogP contribution in [0.1, 0.15) is 11.4 Å². The molecular formula is C19H15F4N3O2. The van der Waals surface area contributed by atoms with Crippen LogP contribution < -0.4 is 10.1 Å². The number of carbonyl (C=O) groups is 1. The number of hydrogen-bond donors (Lipinski definition) is 1. The number of hydrogen-bond acceptors (Lipinski definition) is 3. The Balaban J connectivity index is 1.59. The summed E-state index contributed by atoms with van der Waals surface area (Å²) < 4.78 is 58.5. The van der Waals surface area contributed by atoms with E-state index in [1.165, 1.54) is 12.1 Å². The van der Waals surface area contributed by atoms with Gasteiger partial charge in [0.2, 0.25) is 0 Å². The van der Waals surface area contributed by atoms with Gasteiger partial charge in [-0.15, -0.1) is 0 Å². The normalized spacial score (nSPS) is 11.3. The minimum Gasteiger partial charge on any atom is -0.484 e. The zero-order chi connectivity index (χ0) is 20.3. The molecule has 1 heterocycles. The highest BCUT2D eigenvalue weighted by atomic mass is 19.4. The van der Waals surface area contributed by atoms with Gasteiger partial charge in [0.15, 0.2) is 6.61 Å². The molecule has 0 aliphatic carbocycles. The third-order valence-corrected chi connectivity index (χ3v) is 3.87. The lowest BCUT2D eigenvalue weighted by Gasteiger charge is -2.11. The molecule has 0 aliphatic heterocycles. The number of benzene rings is 2. The molecule has 5 nitrogen and oxygen atoms in total. The number of alkyl halides is 3. The van der Waals surface area contributed by atoms with Crippen molar-refractivity contribution in [3.63, 3.8) is 0 Å². The third-order valence-electron chi connectivity index (χ3n) is 3.87. The Hall–Kier alpha value is -3.36. The van der Waals surface area contributed by atoms with Crippen molar-refractivity contribution in [3.8, 4) is 11.4 Å². The highest BCUT2D eigenvalue weighted by molar-refractivity contribution is 5.92. The van der Waals surface area contributed by atoms with Crippen LogP contribution in [-0.4, -0.2) is 22.1 Å². The SMILES string of the molecule is Cc1nccn1-c1ccc(NC(=O)COc2ccc(C(F)(F)F)cc2)cc1F. The number of anilines is 1. The Morgan fingerprint density at radius 1 is 1.18 bits per heavy atom. The predicted molar refractivity (Wildman–Crippen MR) is 93.8 cm³/mol. The lowest BCUT2D eigenvalue weighted by atomic mass is 10.2. The first-order chi connectivity index (χ1) is 13.2. The van der Waals surface area contributed by atoms with Crippen molar-refractivity contribution in [3.05, 3.63) is 72.1 Å². The molecule has 28 heavy (non-hydrogen) atoms. The summed E-state index contributed by atoms with van der Waals surface area (Å²) in [5.74, 6) is -0.408. The molecule has 3 rings (SSSR count). The molecule has 0 aliphatic rings. The van der Waals surface area contributed by atoms with E-state index in [4.69, 9.17) is 4.74 Å². The van der Waals surface area contributed by atoms with Gasteiger partial charge in [-0.1, -0.05) is 0 Å². The van der Waals surface area contributed by atoms with Crippen LogP contribution >= 0.6 is 0 Å². The highest BCUT2D eigenvalue weighted by Crippen LogP contribution is 2.30. The zero-order valence-corrected chi connectivity index (χ0v) is 14.6. The minimum atomic E-state index is -4.44. The van der Waals surface area contributed by atoms with Crippen molar-refractivity contribution >= 4 is 11.6 Å². The van der Waals surface area contributed by atoms with E-state index < -0.39 is 30.1 Å². The topological polar surface area (TPSA) is 56.2 Å². The number of imidazole rings is 1. The summed E-state index contributed by atoms with van der Waals surface area (Å²) in [6.45, 7) is 1.29. The van der Waals surface area contributed by atoms with Crippen LogP contribution in [0, 0.1) is 12.7 Å². The van der Waals surface area contributed by atoms with Crippen LogP contribution in [0.15, 0.2) is 54.9 Å². The van der Waals surface area contributed by atoms with E-state index >= 15 is 0 Å². The second kappa shape index (κ2) is 7.71. The molecule has 1 aromatic heterocycles. The van der Waals surface area contributed by atoms with Gasteiger partial charge in [0.25, 0.3) is 5.91 Å². The van der Waals surface area contributed by atoms with Gasteiger partial charge < -0.3 is 14.6 Å². The highest BCUT2D eigenvalue weighted by Gasteiger charge is 2.30. The molecule has 1 N–H and O–H groups in total. The second-order valence-electron chi connectivity index (χ2n) is 5.87. The van der Waals surface area contributed by atoms with Gasteiger partial charge in [0.1, 0.15) is 17.4 Å². The van der Waals surface area contributed by atoms with Crippen LogP contribution in [0.25, 0.3) is 5.69 Å². The molecule has 1 amide bonds. The Kier molecular flexibility index (Phi) is 5.34. The van der Waals surface area contributed by atoms with E-state index in [2.05, 4.69) is 10.3 Å². The molecule has 0 unspecified atom stereocenters. The summed E-state index contributed by atoms with van der Waals surface area (Å²) in [6, 6.07) is 8.14. The molecule has 0 atom stereocenters. The molecule has 146 valence electrons. The number of carbonyl (C=O) groups excluding carboxylic acids is 1. The number of rotatable bonds is 5. The summed E-state index contributed by atoms with van der Waals surface area (Å²) in [4.78, 5) is 16.0. The lowest BCUT2D eigenvalue weighted by molar-refractivity contribution is -0.137. The fourth-order valence-corrected chi connectivity index (χ4v) is 2.50. The molecule has 0 radical (unpaired) electrons. The van der Waals surface area contributed by atoms with Gasteiger partial charge in [-0.3, -0.25) is 4.79 Å². The van der Waals surface area contributed by atoms with Gasteiger partial charge in [0.05, 0.1) is 11.3 Å². The molecule has 0 saturated carbocycles. The molecule has 9 heteroatoms. The number of nitrogens with one attached hydrogen (secondary N) is 1. The van der Waals surface area contributed by atoms with Crippen LogP contribution in [-0.2, 0) is 11.0 Å². The van der Waals surface area contributed by atoms with Gasteiger partial charge in [-0.2, -0.15) is 13.2 Å². The molecule has 0 bridgehead atoms. The van der Waals surface area contributed by atoms with E-state index in [1.54, 1.807) is 23.9 Å². The lowest BCUT2D eigenvalue weighted by Crippen LogP contribution is -2.20. The maximum atomic E-state index is 14.3. The first kappa shape index (κ1) is 19.4. The zero-order valence-electron chi connectivity index (χ0n) is 14.6. The number of ether oxygens (including phenoxy) is 1. The number of aryl methyl sites for hydroxylation is 1. The maximum Gasteiger partial charge on any atom is 0.416 e. The van der Waals surface area contributed by atoms with E-state index in [-0.39, 0.29) is 17.1 Å². The average Bonchev–Trinajstić information content (AvgIpc) is 3.05. The van der Waals surface area contributed by atoms with Gasteiger partial charge in [-0.25, -0.2) is 9.37 Å². The van der Waals surface area contributed by atoms with Crippen molar-refractivity contribution in [1.29, 1.82) is 0 Å². The fraction of sp³-hybridized carbons (Fsp3) is 0.158. The summed E-state index contributed by atoms with van der Waals surface area (Å²) in [5, 5.41) is 2.47.